The highest BCUT2D eigenvalue weighted by Crippen LogP contribution is 2.30. The van der Waals surface area contributed by atoms with Crippen molar-refractivity contribution in [3.63, 3.8) is 0 Å². The van der Waals surface area contributed by atoms with Crippen molar-refractivity contribution in [2.75, 3.05) is 13.7 Å². The monoisotopic (exact) mass is 288 g/mol. The summed E-state index contributed by atoms with van der Waals surface area (Å²) in [5.74, 6) is -0.195. The first-order valence-corrected chi connectivity index (χ1v) is 7.70. The van der Waals surface area contributed by atoms with Crippen molar-refractivity contribution in [2.45, 2.75) is 42.3 Å². The minimum absolute atomic E-state index is 0.195. The molecule has 6 heteroatoms. The van der Waals surface area contributed by atoms with Crippen LogP contribution in [0.25, 0.3) is 0 Å². The van der Waals surface area contributed by atoms with Gasteiger partial charge in [0.05, 0.1) is 6.61 Å². The lowest BCUT2D eigenvalue weighted by molar-refractivity contribution is -0.150. The maximum atomic E-state index is 11.9. The van der Waals surface area contributed by atoms with E-state index >= 15 is 0 Å². The molecule has 1 rings (SSSR count). The van der Waals surface area contributed by atoms with Crippen LogP contribution in [-0.2, 0) is 9.53 Å². The van der Waals surface area contributed by atoms with Gasteiger partial charge in [-0.3, -0.25) is 4.79 Å². The molecule has 1 N–H and O–H groups in total. The quantitative estimate of drug-likeness (QED) is 0.617. The van der Waals surface area contributed by atoms with Crippen molar-refractivity contribution in [3.8, 4) is 0 Å². The van der Waals surface area contributed by atoms with Gasteiger partial charge in [-0.2, -0.15) is 0 Å². The van der Waals surface area contributed by atoms with Crippen LogP contribution in [-0.4, -0.2) is 35.4 Å². The van der Waals surface area contributed by atoms with E-state index in [0.29, 0.717) is 13.0 Å². The van der Waals surface area contributed by atoms with Crippen molar-refractivity contribution < 1.29 is 9.53 Å². The molecule has 0 radical (unpaired) electrons. The third kappa shape index (κ3) is 4.26. The maximum Gasteiger partial charge on any atom is 0.326 e. The summed E-state index contributed by atoms with van der Waals surface area (Å²) in [4.78, 5) is 16.2. The number of thioether (sulfide) groups is 1. The lowest BCUT2D eigenvalue weighted by Crippen LogP contribution is -2.50. The Morgan fingerprint density at radius 2 is 2.44 bits per heavy atom. The van der Waals surface area contributed by atoms with Crippen molar-refractivity contribution >= 4 is 29.1 Å². The third-order valence-electron chi connectivity index (χ3n) is 2.69. The number of nitrogens with zero attached hydrogens (tertiary/aromatic N) is 1. The number of aromatic nitrogens is 1. The Bertz CT molecular complexity index is 370. The van der Waals surface area contributed by atoms with Crippen LogP contribution in [0.15, 0.2) is 15.9 Å². The molecule has 1 heterocycles. The summed E-state index contributed by atoms with van der Waals surface area (Å²) >= 11 is 3.31. The number of nitrogens with one attached hydrogen (secondary N) is 1. The molecule has 0 amide bonds. The van der Waals surface area contributed by atoms with Crippen LogP contribution in [0.3, 0.4) is 0 Å². The van der Waals surface area contributed by atoms with Crippen LogP contribution in [0.1, 0.15) is 27.2 Å². The molecule has 0 saturated heterocycles. The van der Waals surface area contributed by atoms with E-state index in [2.05, 4.69) is 17.2 Å². The molecule has 0 aliphatic carbocycles. The summed E-state index contributed by atoms with van der Waals surface area (Å²) in [6.07, 6.45) is 2.49. The van der Waals surface area contributed by atoms with Gasteiger partial charge in [0.15, 0.2) is 0 Å². The number of ether oxygens (including phenoxy) is 1. The van der Waals surface area contributed by atoms with E-state index in [-0.39, 0.29) is 11.2 Å². The number of thiazole rings is 1. The average molecular weight is 288 g/mol. The topological polar surface area (TPSA) is 51.2 Å². The van der Waals surface area contributed by atoms with Crippen molar-refractivity contribution in [3.05, 3.63) is 11.6 Å². The van der Waals surface area contributed by atoms with Crippen LogP contribution >= 0.6 is 23.1 Å². The summed E-state index contributed by atoms with van der Waals surface area (Å²) in [5.41, 5.74) is -0.639. The predicted octanol–water partition coefficient (Wildman–Crippen LogP) is 2.56. The zero-order chi connectivity index (χ0) is 13.6. The molecule has 0 fully saturated rings. The Hall–Kier alpha value is -0.590. The fraction of sp³-hybridized carbons (Fsp3) is 0.667. The van der Waals surface area contributed by atoms with Crippen molar-refractivity contribution in [1.29, 1.82) is 0 Å². The summed E-state index contributed by atoms with van der Waals surface area (Å²) in [6, 6.07) is 0. The fourth-order valence-corrected chi connectivity index (χ4v) is 3.76. The number of carbonyl (C=O) groups excluding carboxylic acids is 1. The second-order valence-corrected chi connectivity index (χ2v) is 6.81. The first-order valence-electron chi connectivity index (χ1n) is 5.94. The molecular weight excluding hydrogens is 268 g/mol. The molecule has 1 aromatic rings. The van der Waals surface area contributed by atoms with Gasteiger partial charge in [0.25, 0.3) is 0 Å². The van der Waals surface area contributed by atoms with Crippen LogP contribution in [0.2, 0.25) is 0 Å². The summed E-state index contributed by atoms with van der Waals surface area (Å²) in [5, 5.41) is 5.31. The number of rotatable bonds is 7. The third-order valence-corrected chi connectivity index (χ3v) is 4.70. The van der Waals surface area contributed by atoms with Gasteiger partial charge in [-0.25, -0.2) is 4.98 Å². The molecule has 0 spiro atoms. The van der Waals surface area contributed by atoms with Gasteiger partial charge >= 0.3 is 5.97 Å². The Labute approximate surface area is 117 Å². The SMILES string of the molecule is CCOC(=O)C(C)(CC(C)Sc1nccs1)NC. The lowest BCUT2D eigenvalue weighted by Gasteiger charge is -2.29. The Kier molecular flexibility index (Phi) is 6.11. The molecule has 18 heavy (non-hydrogen) atoms. The molecule has 0 bridgehead atoms. The largest absolute Gasteiger partial charge is 0.465 e. The van der Waals surface area contributed by atoms with E-state index in [1.807, 2.05) is 19.2 Å². The molecule has 2 atom stereocenters. The highest BCUT2D eigenvalue weighted by molar-refractivity contribution is 8.01. The maximum absolute atomic E-state index is 11.9. The molecule has 0 aromatic carbocycles. The van der Waals surface area contributed by atoms with E-state index in [9.17, 15) is 4.79 Å². The fourth-order valence-electron chi connectivity index (χ4n) is 1.64. The van der Waals surface area contributed by atoms with Gasteiger partial charge in [0.1, 0.15) is 9.88 Å². The van der Waals surface area contributed by atoms with E-state index in [0.717, 1.165) is 4.34 Å². The Morgan fingerprint density at radius 1 is 1.72 bits per heavy atom. The Morgan fingerprint density at radius 3 is 2.94 bits per heavy atom. The molecule has 0 saturated carbocycles. The van der Waals surface area contributed by atoms with Crippen molar-refractivity contribution in [1.82, 2.24) is 10.3 Å². The van der Waals surface area contributed by atoms with E-state index in [1.54, 1.807) is 36.3 Å². The first kappa shape index (κ1) is 15.5. The zero-order valence-electron chi connectivity index (χ0n) is 11.2. The summed E-state index contributed by atoms with van der Waals surface area (Å²) in [7, 11) is 1.79. The van der Waals surface area contributed by atoms with Gasteiger partial charge in [-0.1, -0.05) is 18.7 Å². The van der Waals surface area contributed by atoms with Crippen LogP contribution in [0, 0.1) is 0 Å². The zero-order valence-corrected chi connectivity index (χ0v) is 12.9. The second kappa shape index (κ2) is 7.11. The number of likely N-dealkylation sites (N-methyl/N-ethyl adjacent to an activating group) is 1. The molecule has 2 unspecified atom stereocenters. The van der Waals surface area contributed by atoms with Gasteiger partial charge in [-0.05, 0) is 27.3 Å². The predicted molar refractivity (Wildman–Crippen MR) is 76.1 cm³/mol. The number of carbonyl (C=O) groups is 1. The molecular formula is C12H20N2O2S2. The minimum Gasteiger partial charge on any atom is -0.465 e. The van der Waals surface area contributed by atoms with Crippen LogP contribution in [0.5, 0.6) is 0 Å². The lowest BCUT2D eigenvalue weighted by atomic mass is 9.96. The average Bonchev–Trinajstić information content (AvgIpc) is 2.81. The van der Waals surface area contributed by atoms with Gasteiger partial charge in [-0.15, -0.1) is 11.3 Å². The van der Waals surface area contributed by atoms with Crippen molar-refractivity contribution in [2.24, 2.45) is 0 Å². The molecule has 1 aromatic heterocycles. The van der Waals surface area contributed by atoms with Gasteiger partial charge in [0, 0.05) is 16.8 Å². The van der Waals surface area contributed by atoms with Gasteiger partial charge < -0.3 is 10.1 Å². The van der Waals surface area contributed by atoms with Crippen LogP contribution < -0.4 is 5.32 Å². The summed E-state index contributed by atoms with van der Waals surface area (Å²) < 4.78 is 6.14. The smallest absolute Gasteiger partial charge is 0.326 e. The number of esters is 1. The number of hydrogen-bond donors (Lipinski definition) is 1. The van der Waals surface area contributed by atoms with Crippen LogP contribution in [0.4, 0.5) is 0 Å². The molecule has 0 aliphatic heterocycles. The first-order chi connectivity index (χ1) is 8.51. The molecule has 4 nitrogen and oxygen atoms in total. The highest BCUT2D eigenvalue weighted by Gasteiger charge is 2.34. The van der Waals surface area contributed by atoms with E-state index in [4.69, 9.17) is 4.74 Å². The minimum atomic E-state index is -0.639. The normalized spacial score (nSPS) is 16.0. The number of hydrogen-bond acceptors (Lipinski definition) is 6. The second-order valence-electron chi connectivity index (χ2n) is 4.23. The molecule has 102 valence electrons. The Balaban J connectivity index is 2.58. The summed E-state index contributed by atoms with van der Waals surface area (Å²) in [6.45, 7) is 6.20. The molecule has 0 aliphatic rings. The van der Waals surface area contributed by atoms with Gasteiger partial charge in [0.2, 0.25) is 0 Å². The van der Waals surface area contributed by atoms with E-state index < -0.39 is 5.54 Å². The highest BCUT2D eigenvalue weighted by atomic mass is 32.2. The van der Waals surface area contributed by atoms with E-state index in [1.165, 1.54) is 0 Å². The standard InChI is InChI=1S/C12H20N2O2S2/c1-5-16-10(15)12(3,13-4)8-9(2)18-11-14-6-7-17-11/h6-7,9,13H,5,8H2,1-4H3.